The Hall–Kier alpha value is -0.180. The molecule has 0 spiro atoms. The predicted molar refractivity (Wildman–Crippen MR) is 55.7 cm³/mol. The summed E-state index contributed by atoms with van der Waals surface area (Å²) in [5.41, 5.74) is 0. The van der Waals surface area contributed by atoms with Crippen LogP contribution in [0.3, 0.4) is 0 Å². The zero-order valence-electron chi connectivity index (χ0n) is 8.21. The summed E-state index contributed by atoms with van der Waals surface area (Å²) in [6.07, 6.45) is 2.19. The van der Waals surface area contributed by atoms with Gasteiger partial charge in [-0.1, -0.05) is 39.8 Å². The molecule has 0 radical (unpaired) electrons. The second-order valence-electron chi connectivity index (χ2n) is 3.48. The first-order chi connectivity index (χ1) is 5.57. The van der Waals surface area contributed by atoms with E-state index in [9.17, 15) is 4.79 Å². The summed E-state index contributed by atoms with van der Waals surface area (Å²) >= 11 is 3.83. The van der Waals surface area contributed by atoms with Crippen LogP contribution in [-0.4, -0.2) is 23.2 Å². The molecule has 0 rings (SSSR count). The fraction of sp³-hybridized carbons (Fsp3) is 0.889. The molecule has 1 amide bonds. The van der Waals surface area contributed by atoms with E-state index in [0.29, 0.717) is 5.92 Å². The number of thiol groups is 1. The molecule has 0 aliphatic rings. The third-order valence-electron chi connectivity index (χ3n) is 1.64. The topological polar surface area (TPSA) is 20.3 Å². The Balaban J connectivity index is 3.78. The van der Waals surface area contributed by atoms with Gasteiger partial charge in [0.2, 0.25) is 0 Å². The van der Waals surface area contributed by atoms with Crippen LogP contribution < -0.4 is 0 Å². The fourth-order valence-electron chi connectivity index (χ4n) is 1.05. The van der Waals surface area contributed by atoms with Crippen molar-refractivity contribution in [1.82, 2.24) is 4.90 Å². The van der Waals surface area contributed by atoms with E-state index in [2.05, 4.69) is 33.4 Å². The third-order valence-corrected chi connectivity index (χ3v) is 1.92. The van der Waals surface area contributed by atoms with Crippen LogP contribution in [0.25, 0.3) is 0 Å². The molecular weight excluding hydrogens is 170 g/mol. The summed E-state index contributed by atoms with van der Waals surface area (Å²) in [6.45, 7) is 8.00. The van der Waals surface area contributed by atoms with Gasteiger partial charge in [0.1, 0.15) is 0 Å². The second kappa shape index (κ2) is 6.35. The highest BCUT2D eigenvalue weighted by atomic mass is 32.1. The van der Waals surface area contributed by atoms with Crippen molar-refractivity contribution in [3.63, 3.8) is 0 Å². The number of hydrogen-bond donors (Lipinski definition) is 1. The van der Waals surface area contributed by atoms with E-state index in [-0.39, 0.29) is 5.24 Å². The highest BCUT2D eigenvalue weighted by Crippen LogP contribution is 2.04. The van der Waals surface area contributed by atoms with Crippen molar-refractivity contribution in [1.29, 1.82) is 0 Å². The molecule has 0 aromatic carbocycles. The molecule has 0 atom stereocenters. The highest BCUT2D eigenvalue weighted by Gasteiger charge is 2.09. The Morgan fingerprint density at radius 3 is 2.42 bits per heavy atom. The third kappa shape index (κ3) is 5.47. The smallest absolute Gasteiger partial charge is 0.278 e. The van der Waals surface area contributed by atoms with Crippen LogP contribution in [0.15, 0.2) is 0 Å². The van der Waals surface area contributed by atoms with Crippen LogP contribution in [0.1, 0.15) is 33.6 Å². The van der Waals surface area contributed by atoms with Gasteiger partial charge in [0.05, 0.1) is 0 Å². The molecule has 0 saturated carbocycles. The van der Waals surface area contributed by atoms with Crippen molar-refractivity contribution < 1.29 is 4.79 Å². The first kappa shape index (κ1) is 11.8. The molecule has 0 N–H and O–H groups in total. The van der Waals surface area contributed by atoms with Gasteiger partial charge in [0, 0.05) is 13.1 Å². The van der Waals surface area contributed by atoms with Gasteiger partial charge >= 0.3 is 0 Å². The summed E-state index contributed by atoms with van der Waals surface area (Å²) in [4.78, 5) is 12.8. The van der Waals surface area contributed by atoms with E-state index in [1.807, 2.05) is 0 Å². The number of nitrogens with zero attached hydrogens (tertiary/aromatic N) is 1. The van der Waals surface area contributed by atoms with Gasteiger partial charge in [-0.2, -0.15) is 0 Å². The molecule has 0 unspecified atom stereocenters. The Labute approximate surface area is 80.7 Å². The fourth-order valence-corrected chi connectivity index (χ4v) is 1.24. The summed E-state index contributed by atoms with van der Waals surface area (Å²) in [5, 5.41) is -0.0999. The molecule has 0 aliphatic carbocycles. The lowest BCUT2D eigenvalue weighted by molar-refractivity contribution is 0.215. The molecule has 0 bridgehead atoms. The standard InChI is InChI=1S/C9H19NOS/c1-4-5-6-10(9(11)12)7-8(2)3/h8H,4-7H2,1-3H3,(H,11,12). The number of amides is 1. The summed E-state index contributed by atoms with van der Waals surface area (Å²) < 4.78 is 0. The van der Waals surface area contributed by atoms with Crippen LogP contribution in [-0.2, 0) is 0 Å². The average Bonchev–Trinajstić information content (AvgIpc) is 1.96. The van der Waals surface area contributed by atoms with Crippen LogP contribution in [0.5, 0.6) is 0 Å². The van der Waals surface area contributed by atoms with E-state index in [1.54, 1.807) is 4.90 Å². The van der Waals surface area contributed by atoms with Crippen molar-refractivity contribution in [2.24, 2.45) is 5.92 Å². The maximum absolute atomic E-state index is 11.0. The second-order valence-corrected chi connectivity index (χ2v) is 3.86. The Morgan fingerprint density at radius 2 is 2.08 bits per heavy atom. The monoisotopic (exact) mass is 189 g/mol. The maximum atomic E-state index is 11.0. The molecule has 0 heterocycles. The lowest BCUT2D eigenvalue weighted by Crippen LogP contribution is -2.31. The highest BCUT2D eigenvalue weighted by molar-refractivity contribution is 7.96. The Kier molecular flexibility index (Phi) is 6.25. The average molecular weight is 189 g/mol. The van der Waals surface area contributed by atoms with Gasteiger partial charge in [-0.05, 0) is 12.3 Å². The number of rotatable bonds is 5. The van der Waals surface area contributed by atoms with Gasteiger partial charge in [-0.3, -0.25) is 4.79 Å². The van der Waals surface area contributed by atoms with Crippen LogP contribution >= 0.6 is 12.6 Å². The van der Waals surface area contributed by atoms with Gasteiger partial charge in [0.25, 0.3) is 5.24 Å². The SMILES string of the molecule is CCCCN(CC(C)C)C(=O)S. The Morgan fingerprint density at radius 1 is 1.50 bits per heavy atom. The maximum Gasteiger partial charge on any atom is 0.278 e. The molecule has 0 aliphatic heterocycles. The van der Waals surface area contributed by atoms with Crippen LogP contribution in [0.4, 0.5) is 4.79 Å². The van der Waals surface area contributed by atoms with Crippen LogP contribution in [0, 0.1) is 5.92 Å². The minimum absolute atomic E-state index is 0.0999. The molecule has 72 valence electrons. The van der Waals surface area contributed by atoms with Gasteiger partial charge in [-0.25, -0.2) is 0 Å². The van der Waals surface area contributed by atoms with Gasteiger partial charge in [-0.15, -0.1) is 0 Å². The van der Waals surface area contributed by atoms with E-state index >= 15 is 0 Å². The zero-order chi connectivity index (χ0) is 9.56. The van der Waals surface area contributed by atoms with Crippen molar-refractivity contribution in [2.45, 2.75) is 33.6 Å². The minimum atomic E-state index is -0.0999. The lowest BCUT2D eigenvalue weighted by atomic mass is 10.2. The number of carbonyl (C=O) groups is 1. The van der Waals surface area contributed by atoms with Crippen molar-refractivity contribution in [2.75, 3.05) is 13.1 Å². The van der Waals surface area contributed by atoms with E-state index < -0.39 is 0 Å². The van der Waals surface area contributed by atoms with Crippen molar-refractivity contribution >= 4 is 17.9 Å². The first-order valence-corrected chi connectivity index (χ1v) is 5.00. The molecule has 0 aromatic rings. The van der Waals surface area contributed by atoms with E-state index in [0.717, 1.165) is 25.9 Å². The molecule has 0 aromatic heterocycles. The van der Waals surface area contributed by atoms with E-state index in [4.69, 9.17) is 0 Å². The van der Waals surface area contributed by atoms with E-state index in [1.165, 1.54) is 0 Å². The van der Waals surface area contributed by atoms with Gasteiger partial charge in [0.15, 0.2) is 0 Å². The largest absolute Gasteiger partial charge is 0.334 e. The van der Waals surface area contributed by atoms with Crippen LogP contribution in [0.2, 0.25) is 0 Å². The first-order valence-electron chi connectivity index (χ1n) is 4.55. The summed E-state index contributed by atoms with van der Waals surface area (Å²) in [5.74, 6) is 0.526. The molecule has 3 heteroatoms. The Bertz CT molecular complexity index is 136. The number of carbonyl (C=O) groups excluding carboxylic acids is 1. The quantitative estimate of drug-likeness (QED) is 0.659. The molecule has 12 heavy (non-hydrogen) atoms. The summed E-state index contributed by atoms with van der Waals surface area (Å²) in [7, 11) is 0. The van der Waals surface area contributed by atoms with Crippen molar-refractivity contribution in [3.8, 4) is 0 Å². The summed E-state index contributed by atoms with van der Waals surface area (Å²) in [6, 6.07) is 0. The molecule has 2 nitrogen and oxygen atoms in total. The zero-order valence-corrected chi connectivity index (χ0v) is 9.10. The number of hydrogen-bond acceptors (Lipinski definition) is 1. The minimum Gasteiger partial charge on any atom is -0.334 e. The molecule has 0 saturated heterocycles. The van der Waals surface area contributed by atoms with Crippen molar-refractivity contribution in [3.05, 3.63) is 0 Å². The molecule has 0 fully saturated rings. The predicted octanol–water partition coefficient (Wildman–Crippen LogP) is 2.79. The number of unbranched alkanes of at least 4 members (excludes halogenated alkanes) is 1. The lowest BCUT2D eigenvalue weighted by Gasteiger charge is -2.21. The normalized spacial score (nSPS) is 10.4. The molecular formula is C9H19NOS. The van der Waals surface area contributed by atoms with Gasteiger partial charge < -0.3 is 4.90 Å².